The fourth-order valence-corrected chi connectivity index (χ4v) is 6.41. The number of nitrogens with zero attached hydrogens (tertiary/aromatic N) is 7. The second-order valence-corrected chi connectivity index (χ2v) is 12.2. The molecule has 0 amide bonds. The van der Waals surface area contributed by atoms with E-state index < -0.39 is 0 Å². The number of anilines is 2. The van der Waals surface area contributed by atoms with Crippen molar-refractivity contribution in [1.29, 1.82) is 0 Å². The van der Waals surface area contributed by atoms with Gasteiger partial charge in [-0.25, -0.2) is 9.36 Å². The molecule has 49 heavy (non-hydrogen) atoms. The molecule has 0 bridgehead atoms. The van der Waals surface area contributed by atoms with Crippen LogP contribution in [0, 0.1) is 0 Å². The number of aromatic nitrogens is 6. The molecule has 8 rings (SSSR count). The number of para-hydroxylation sites is 2. The molecule has 6 aromatic rings. The van der Waals surface area contributed by atoms with Crippen LogP contribution in [0.4, 0.5) is 11.4 Å². The van der Waals surface area contributed by atoms with E-state index in [-0.39, 0.29) is 6.04 Å². The highest BCUT2D eigenvalue weighted by atomic mass is 15.4. The molecule has 0 saturated carbocycles. The average molecular weight is 655 g/mol. The normalized spacial score (nSPS) is 12.1. The molecule has 0 radical (unpaired) electrons. The van der Waals surface area contributed by atoms with Gasteiger partial charge < -0.3 is 10.2 Å². The van der Waals surface area contributed by atoms with Gasteiger partial charge in [0.1, 0.15) is 11.4 Å². The highest BCUT2D eigenvalue weighted by Crippen LogP contribution is 2.42. The topological polar surface area (TPSA) is 76.7 Å². The van der Waals surface area contributed by atoms with Crippen molar-refractivity contribution >= 4 is 11.4 Å². The Bertz CT molecular complexity index is 1980. The lowest BCUT2D eigenvalue weighted by molar-refractivity contribution is 0.519. The number of fused-ring (bicyclic) bond motifs is 10. The molecule has 2 aliphatic rings. The summed E-state index contributed by atoms with van der Waals surface area (Å²) in [5.74, 6) is 0. The summed E-state index contributed by atoms with van der Waals surface area (Å²) in [5, 5.41) is 21.2. The Morgan fingerprint density at radius 2 is 1.12 bits per heavy atom. The maximum absolute atomic E-state index is 4.49. The Morgan fingerprint density at radius 1 is 0.571 bits per heavy atom. The van der Waals surface area contributed by atoms with Crippen LogP contribution in [0.2, 0.25) is 0 Å². The standard InChI is InChI=1S/C19H20N4.C18H18N4.2C2H6/c1-13(2)23-12-14-8-4-5-9-15(14)18-19(22(3)21-20-18)16-10-6-7-11-17(16)23;1-12(2)22-18-14-8-4-3-7-13(14)11-19-16-10-6-5-9-15(16)17(18)20-21-22;2*1-2/h4-11,13H,12H2,1-3H3;3-10,12,19H,11H2,1-2H3;2*1-2H3. The Hall–Kier alpha value is -5.24. The van der Waals surface area contributed by atoms with E-state index in [2.05, 4.69) is 143 Å². The van der Waals surface area contributed by atoms with Crippen molar-refractivity contribution in [2.45, 2.75) is 80.6 Å². The Morgan fingerprint density at radius 3 is 1.82 bits per heavy atom. The highest BCUT2D eigenvalue weighted by Gasteiger charge is 2.27. The molecule has 8 heteroatoms. The molecule has 0 spiro atoms. The number of rotatable bonds is 2. The lowest BCUT2D eigenvalue weighted by atomic mass is 9.95. The van der Waals surface area contributed by atoms with Crippen LogP contribution in [-0.4, -0.2) is 36.0 Å². The summed E-state index contributed by atoms with van der Waals surface area (Å²) in [6.07, 6.45) is 0. The fourth-order valence-electron chi connectivity index (χ4n) is 6.41. The van der Waals surface area contributed by atoms with Crippen molar-refractivity contribution < 1.29 is 0 Å². The Balaban J connectivity index is 0.000000174. The molecule has 254 valence electrons. The minimum absolute atomic E-state index is 0.267. The van der Waals surface area contributed by atoms with Crippen molar-refractivity contribution in [3.63, 3.8) is 0 Å². The number of hydrogen-bond acceptors (Lipinski definition) is 6. The van der Waals surface area contributed by atoms with Crippen LogP contribution in [-0.2, 0) is 20.1 Å². The highest BCUT2D eigenvalue weighted by molar-refractivity contribution is 5.89. The van der Waals surface area contributed by atoms with Crippen LogP contribution in [0.5, 0.6) is 0 Å². The number of aryl methyl sites for hydroxylation is 1. The fraction of sp³-hybridized carbons (Fsp3) is 0.317. The minimum Gasteiger partial charge on any atom is -0.380 e. The third kappa shape index (κ3) is 6.86. The molecule has 0 saturated heterocycles. The van der Waals surface area contributed by atoms with Crippen LogP contribution in [0.3, 0.4) is 0 Å². The van der Waals surface area contributed by atoms with Crippen LogP contribution < -0.4 is 10.2 Å². The lowest BCUT2D eigenvalue weighted by Gasteiger charge is -2.33. The molecule has 8 nitrogen and oxygen atoms in total. The first-order chi connectivity index (χ1) is 23.9. The van der Waals surface area contributed by atoms with E-state index in [1.54, 1.807) is 0 Å². The molecule has 1 N–H and O–H groups in total. The van der Waals surface area contributed by atoms with E-state index in [0.717, 1.165) is 47.1 Å². The second kappa shape index (κ2) is 15.8. The third-order valence-corrected chi connectivity index (χ3v) is 8.64. The van der Waals surface area contributed by atoms with Crippen molar-refractivity contribution in [2.24, 2.45) is 7.05 Å². The smallest absolute Gasteiger partial charge is 0.123 e. The van der Waals surface area contributed by atoms with E-state index >= 15 is 0 Å². The summed E-state index contributed by atoms with van der Waals surface area (Å²) in [6.45, 7) is 18.4. The van der Waals surface area contributed by atoms with Crippen molar-refractivity contribution in [1.82, 2.24) is 30.0 Å². The number of hydrogen-bond donors (Lipinski definition) is 1. The van der Waals surface area contributed by atoms with E-state index in [9.17, 15) is 0 Å². The van der Waals surface area contributed by atoms with Gasteiger partial charge in [-0.1, -0.05) is 123 Å². The summed E-state index contributed by atoms with van der Waals surface area (Å²) in [4.78, 5) is 2.45. The van der Waals surface area contributed by atoms with Crippen LogP contribution in [0.15, 0.2) is 97.1 Å². The van der Waals surface area contributed by atoms with Gasteiger partial charge in [-0.2, -0.15) is 0 Å². The van der Waals surface area contributed by atoms with Gasteiger partial charge in [-0.05, 0) is 51.0 Å². The zero-order chi connectivity index (χ0) is 35.1. The molecule has 0 unspecified atom stereocenters. The second-order valence-electron chi connectivity index (χ2n) is 12.2. The maximum Gasteiger partial charge on any atom is 0.123 e. The summed E-state index contributed by atoms with van der Waals surface area (Å²) in [7, 11) is 1.96. The SMILES string of the molecule is CC.CC.CC(C)N1Cc2ccccc2-c2nnn(C)c2-c2ccccc21.CC(C)n1nnc2c1-c1ccccc1CNc1ccccc1-2. The van der Waals surface area contributed by atoms with E-state index in [1.165, 1.54) is 33.5 Å². The van der Waals surface area contributed by atoms with Gasteiger partial charge in [0.15, 0.2) is 0 Å². The molecule has 0 fully saturated rings. The van der Waals surface area contributed by atoms with E-state index in [0.29, 0.717) is 6.04 Å². The van der Waals surface area contributed by atoms with Gasteiger partial charge in [0.2, 0.25) is 0 Å². The molecule has 4 aromatic carbocycles. The summed E-state index contributed by atoms with van der Waals surface area (Å²) >= 11 is 0. The third-order valence-electron chi connectivity index (χ3n) is 8.64. The first-order valence-corrected chi connectivity index (χ1v) is 17.6. The molecule has 2 aromatic heterocycles. The molecule has 2 aliphatic heterocycles. The molecule has 4 heterocycles. The van der Waals surface area contributed by atoms with Gasteiger partial charge >= 0.3 is 0 Å². The maximum atomic E-state index is 4.49. The summed E-state index contributed by atoms with van der Waals surface area (Å²) < 4.78 is 3.91. The van der Waals surface area contributed by atoms with Gasteiger partial charge in [0.05, 0.1) is 11.4 Å². The number of nitrogens with one attached hydrogen (secondary N) is 1. The lowest BCUT2D eigenvalue weighted by Crippen LogP contribution is -2.31. The number of benzene rings is 4. The van der Waals surface area contributed by atoms with Gasteiger partial charge in [-0.3, -0.25) is 0 Å². The van der Waals surface area contributed by atoms with Crippen LogP contribution >= 0.6 is 0 Å². The predicted octanol–water partition coefficient (Wildman–Crippen LogP) is 10.0. The zero-order valence-corrected chi connectivity index (χ0v) is 30.4. The van der Waals surface area contributed by atoms with E-state index in [4.69, 9.17) is 0 Å². The Kier molecular flexibility index (Phi) is 11.3. The van der Waals surface area contributed by atoms with Crippen molar-refractivity contribution in [2.75, 3.05) is 10.2 Å². The first kappa shape index (κ1) is 35.1. The van der Waals surface area contributed by atoms with Crippen molar-refractivity contribution in [3.05, 3.63) is 108 Å². The van der Waals surface area contributed by atoms with Gasteiger partial charge in [0, 0.05) is 65.8 Å². The molecule has 0 aliphatic carbocycles. The quantitative estimate of drug-likeness (QED) is 0.200. The zero-order valence-electron chi connectivity index (χ0n) is 30.4. The molecular weight excluding hydrogens is 605 g/mol. The van der Waals surface area contributed by atoms with Gasteiger partial charge in [-0.15, -0.1) is 10.2 Å². The monoisotopic (exact) mass is 654 g/mol. The summed E-state index contributed by atoms with van der Waals surface area (Å²) in [6, 6.07) is 34.5. The van der Waals surface area contributed by atoms with Crippen LogP contribution in [0.1, 0.15) is 72.6 Å². The molecular formula is C41H50N8. The van der Waals surface area contributed by atoms with Crippen molar-refractivity contribution in [3.8, 4) is 45.0 Å². The predicted molar refractivity (Wildman–Crippen MR) is 204 cm³/mol. The summed E-state index contributed by atoms with van der Waals surface area (Å²) in [5.41, 5.74) is 13.7. The Labute approximate surface area is 291 Å². The van der Waals surface area contributed by atoms with Crippen LogP contribution in [0.25, 0.3) is 45.0 Å². The largest absolute Gasteiger partial charge is 0.380 e. The first-order valence-electron chi connectivity index (χ1n) is 17.6. The van der Waals surface area contributed by atoms with E-state index in [1.807, 2.05) is 56.2 Å². The van der Waals surface area contributed by atoms with Gasteiger partial charge in [0.25, 0.3) is 0 Å². The molecule has 0 atom stereocenters. The minimum atomic E-state index is 0.267. The average Bonchev–Trinajstić information content (AvgIpc) is 3.74.